The van der Waals surface area contributed by atoms with Crippen LogP contribution in [0.15, 0.2) is 23.1 Å². The number of nitrogens with one attached hydrogen (secondary N) is 1. The van der Waals surface area contributed by atoms with Gasteiger partial charge in [-0.3, -0.25) is 0 Å². The summed E-state index contributed by atoms with van der Waals surface area (Å²) in [6.07, 6.45) is -0.519. The summed E-state index contributed by atoms with van der Waals surface area (Å²) in [6.45, 7) is 9.66. The molecule has 0 aromatic heterocycles. The van der Waals surface area contributed by atoms with Crippen LogP contribution in [0.3, 0.4) is 0 Å². The zero-order valence-corrected chi connectivity index (χ0v) is 16.6. The van der Waals surface area contributed by atoms with E-state index in [2.05, 4.69) is 5.32 Å². The maximum Gasteiger partial charge on any atom is 0.407 e. The molecule has 0 heterocycles. The lowest BCUT2D eigenvalue weighted by Crippen LogP contribution is -2.34. The van der Waals surface area contributed by atoms with Gasteiger partial charge in [-0.2, -0.15) is 0 Å². The number of hydrogen-bond donors (Lipinski definition) is 2. The third-order valence-corrected chi connectivity index (χ3v) is 6.54. The molecule has 0 fully saturated rings. The second kappa shape index (κ2) is 8.49. The molecule has 0 saturated carbocycles. The van der Waals surface area contributed by atoms with Crippen molar-refractivity contribution in [2.45, 2.75) is 45.1 Å². The molecule has 0 aliphatic heterocycles. The first-order valence-corrected chi connectivity index (χ1v) is 11.3. The van der Waals surface area contributed by atoms with Gasteiger partial charge in [0.25, 0.3) is 0 Å². The highest BCUT2D eigenvalue weighted by atomic mass is 32.9. The van der Waals surface area contributed by atoms with E-state index in [0.717, 1.165) is 16.0 Å². The predicted molar refractivity (Wildman–Crippen MR) is 98.5 cm³/mol. The van der Waals surface area contributed by atoms with Crippen LogP contribution >= 0.6 is 17.1 Å². The van der Waals surface area contributed by atoms with Crippen molar-refractivity contribution in [1.82, 2.24) is 5.32 Å². The molecule has 2 N–H and O–H groups in total. The number of hydrogen-bond acceptors (Lipinski definition) is 5. The zero-order valence-electron chi connectivity index (χ0n) is 14.1. The Bertz CT molecular complexity index is 602. The molecule has 1 rings (SSSR count). The number of carbonyl (C=O) groups is 1. The number of carbonyl (C=O) groups excluding carboxylic acids is 1. The first-order valence-electron chi connectivity index (χ1n) is 7.19. The van der Waals surface area contributed by atoms with E-state index >= 15 is 0 Å². The molecule has 5 nitrogen and oxygen atoms in total. The molecule has 1 aromatic carbocycles. The van der Waals surface area contributed by atoms with E-state index in [1.165, 1.54) is 11.4 Å². The van der Waals surface area contributed by atoms with Crippen LogP contribution in [0.4, 0.5) is 4.79 Å². The summed E-state index contributed by atoms with van der Waals surface area (Å²) in [6, 6.07) is 5.96. The Morgan fingerprint density at radius 1 is 1.39 bits per heavy atom. The van der Waals surface area contributed by atoms with E-state index in [9.17, 15) is 9.69 Å². The van der Waals surface area contributed by atoms with Crippen LogP contribution in [0.5, 0.6) is 0 Å². The lowest BCUT2D eigenvalue weighted by molar-refractivity contribution is 0.0520. The van der Waals surface area contributed by atoms with Crippen molar-refractivity contribution in [3.8, 4) is 0 Å². The van der Waals surface area contributed by atoms with Crippen molar-refractivity contribution in [3.63, 3.8) is 0 Å². The number of alkyl carbamates (subject to hydrolysis) is 1. The molecule has 0 saturated heterocycles. The summed E-state index contributed by atoms with van der Waals surface area (Å²) in [5, 5.41) is 2.56. The zero-order chi connectivity index (χ0) is 17.7. The third-order valence-electron chi connectivity index (χ3n) is 2.58. The normalized spacial score (nSPS) is 14.2. The highest BCUT2D eigenvalue weighted by molar-refractivity contribution is 8.67. The molecule has 0 radical (unpaired) electrons. The molecule has 0 bridgehead atoms. The molecular weight excluding hydrogens is 353 g/mol. The smallest absolute Gasteiger partial charge is 0.407 e. The van der Waals surface area contributed by atoms with E-state index in [1.807, 2.05) is 32.0 Å². The quantitative estimate of drug-likeness (QED) is 0.573. The molecular formula is C15H24NO4PS2. The van der Waals surface area contributed by atoms with Crippen LogP contribution in [0, 0.1) is 13.8 Å². The van der Waals surface area contributed by atoms with E-state index in [4.69, 9.17) is 21.1 Å². The van der Waals surface area contributed by atoms with Gasteiger partial charge < -0.3 is 19.5 Å². The van der Waals surface area contributed by atoms with Crippen LogP contribution in [-0.4, -0.2) is 29.7 Å². The molecule has 0 aliphatic carbocycles. The lowest BCUT2D eigenvalue weighted by Gasteiger charge is -2.20. The molecule has 8 heteroatoms. The maximum atomic E-state index is 11.5. The second-order valence-electron chi connectivity index (χ2n) is 6.09. The molecule has 0 aliphatic rings. The van der Waals surface area contributed by atoms with Gasteiger partial charge in [0, 0.05) is 11.4 Å². The van der Waals surface area contributed by atoms with Gasteiger partial charge >= 0.3 is 6.09 Å². The molecule has 1 amide bonds. The van der Waals surface area contributed by atoms with E-state index in [1.54, 1.807) is 20.8 Å². The Morgan fingerprint density at radius 2 is 2.04 bits per heavy atom. The predicted octanol–water partition coefficient (Wildman–Crippen LogP) is 4.15. The standard InChI is InChI=1S/C15H24NO4PS2/c1-11-6-7-12(2)13(10-11)23-21(18,22)19-9-8-16-14(17)20-15(3,4)5/h6-7,10H,8-9H2,1-5H3,(H,16,17)(H,18,22). The Balaban J connectivity index is 2.43. The maximum absolute atomic E-state index is 11.5. The van der Waals surface area contributed by atoms with Crippen molar-refractivity contribution in [2.24, 2.45) is 0 Å². The third kappa shape index (κ3) is 8.72. The average molecular weight is 377 g/mol. The van der Waals surface area contributed by atoms with Gasteiger partial charge in [-0.05, 0) is 75.0 Å². The van der Waals surface area contributed by atoms with E-state index in [-0.39, 0.29) is 13.2 Å². The fraction of sp³-hybridized carbons (Fsp3) is 0.533. The van der Waals surface area contributed by atoms with Crippen molar-refractivity contribution in [3.05, 3.63) is 29.3 Å². The van der Waals surface area contributed by atoms with Gasteiger partial charge in [0.1, 0.15) is 5.60 Å². The van der Waals surface area contributed by atoms with Crippen LogP contribution in [0.1, 0.15) is 31.9 Å². The lowest BCUT2D eigenvalue weighted by atomic mass is 10.2. The molecule has 1 unspecified atom stereocenters. The minimum atomic E-state index is -3.00. The first-order chi connectivity index (χ1) is 10.5. The summed E-state index contributed by atoms with van der Waals surface area (Å²) in [7, 11) is 0. The number of ether oxygens (including phenoxy) is 1. The highest BCUT2D eigenvalue weighted by Gasteiger charge is 2.19. The van der Waals surface area contributed by atoms with Crippen molar-refractivity contribution in [1.29, 1.82) is 0 Å². The number of amides is 1. The Kier molecular flexibility index (Phi) is 7.55. The minimum absolute atomic E-state index is 0.130. The average Bonchev–Trinajstić information content (AvgIpc) is 2.37. The van der Waals surface area contributed by atoms with E-state index in [0.29, 0.717) is 0 Å². The topological polar surface area (TPSA) is 67.8 Å². The van der Waals surface area contributed by atoms with Gasteiger partial charge in [0.05, 0.1) is 6.61 Å². The SMILES string of the molecule is Cc1ccc(C)c(SP(O)(=S)OCCNC(=O)OC(C)(C)C)c1. The molecule has 23 heavy (non-hydrogen) atoms. The van der Waals surface area contributed by atoms with Gasteiger partial charge in [0.2, 0.25) is 5.69 Å². The second-order valence-corrected chi connectivity index (χ2v) is 12.1. The van der Waals surface area contributed by atoms with Crippen molar-refractivity contribution in [2.75, 3.05) is 13.2 Å². The highest BCUT2D eigenvalue weighted by Crippen LogP contribution is 2.60. The van der Waals surface area contributed by atoms with Crippen LogP contribution in [0.2, 0.25) is 0 Å². The monoisotopic (exact) mass is 377 g/mol. The summed E-state index contributed by atoms with van der Waals surface area (Å²) >= 11 is 6.33. The molecule has 0 spiro atoms. The van der Waals surface area contributed by atoms with Crippen LogP contribution in [-0.2, 0) is 21.1 Å². The molecule has 130 valence electrons. The summed E-state index contributed by atoms with van der Waals surface area (Å²) in [5.41, 5.74) is -1.41. The van der Waals surface area contributed by atoms with Gasteiger partial charge in [-0.25, -0.2) is 4.79 Å². The van der Waals surface area contributed by atoms with Crippen molar-refractivity contribution < 1.29 is 18.9 Å². The largest absolute Gasteiger partial charge is 0.444 e. The number of benzene rings is 1. The van der Waals surface area contributed by atoms with Gasteiger partial charge in [-0.15, -0.1) is 0 Å². The molecule has 1 aromatic rings. The van der Waals surface area contributed by atoms with Gasteiger partial charge in [0.15, 0.2) is 0 Å². The number of rotatable bonds is 6. The van der Waals surface area contributed by atoms with Crippen LogP contribution < -0.4 is 5.32 Å². The van der Waals surface area contributed by atoms with Crippen molar-refractivity contribution >= 4 is 35.0 Å². The van der Waals surface area contributed by atoms with E-state index < -0.39 is 17.4 Å². The first kappa shape index (κ1) is 20.5. The summed E-state index contributed by atoms with van der Waals surface area (Å²) in [5.74, 6) is 0. The Morgan fingerprint density at radius 3 is 2.65 bits per heavy atom. The summed E-state index contributed by atoms with van der Waals surface area (Å²) < 4.78 is 10.5. The fourth-order valence-electron chi connectivity index (χ4n) is 1.58. The Labute approximate surface area is 147 Å². The minimum Gasteiger partial charge on any atom is -0.444 e. The van der Waals surface area contributed by atoms with Gasteiger partial charge in [-0.1, -0.05) is 12.1 Å². The summed E-state index contributed by atoms with van der Waals surface area (Å²) in [4.78, 5) is 22.7. The Hall–Kier alpha value is -0.590. The fourth-order valence-corrected chi connectivity index (χ4v) is 5.32. The number of aryl methyl sites for hydroxylation is 2. The molecule has 1 atom stereocenters. The van der Waals surface area contributed by atoms with Crippen LogP contribution in [0.25, 0.3) is 0 Å².